The molecule has 0 bridgehead atoms. The third-order valence-electron chi connectivity index (χ3n) is 4.87. The molecule has 0 atom stereocenters. The van der Waals surface area contributed by atoms with E-state index in [1.807, 2.05) is 18.2 Å². The number of benzene rings is 3. The first-order valence-corrected chi connectivity index (χ1v) is 10.3. The average Bonchev–Trinajstić information content (AvgIpc) is 2.82. The van der Waals surface area contributed by atoms with Crippen LogP contribution >= 0.6 is 0 Å². The van der Waals surface area contributed by atoms with Crippen molar-refractivity contribution in [2.75, 3.05) is 17.3 Å². The summed E-state index contributed by atoms with van der Waals surface area (Å²) >= 11 is 0. The Hall–Kier alpha value is -4.04. The van der Waals surface area contributed by atoms with Gasteiger partial charge in [-0.25, -0.2) is 0 Å². The highest BCUT2D eigenvalue weighted by atomic mass is 19.4. The molecule has 0 aliphatic heterocycles. The minimum Gasteiger partial charge on any atom is -0.457 e. The zero-order valence-corrected chi connectivity index (χ0v) is 18.5. The van der Waals surface area contributed by atoms with Gasteiger partial charge in [0.1, 0.15) is 17.2 Å². The first kappa shape index (κ1) is 24.6. The maximum atomic E-state index is 13.2. The zero-order chi connectivity index (χ0) is 24.7. The van der Waals surface area contributed by atoms with Gasteiger partial charge >= 0.3 is 6.18 Å². The van der Waals surface area contributed by atoms with E-state index >= 15 is 0 Å². The predicted octanol–water partition coefficient (Wildman–Crippen LogP) is 6.01. The smallest absolute Gasteiger partial charge is 0.415 e. The second-order valence-electron chi connectivity index (χ2n) is 7.38. The molecule has 0 fully saturated rings. The van der Waals surface area contributed by atoms with Crippen molar-refractivity contribution in [3.05, 3.63) is 108 Å². The standard InChI is InChI=1S/C26H24F3N3O2/c1-18(26(27,28)29)14-24(32(2)21-10-6-8-19(15-21)17-30)25(33)31-20-9-7-13-23(16-20)34-22-11-4-3-5-12-22/h3-16H,1,17,30H2,2H3,(H,31,33)/b24-14-. The van der Waals surface area contributed by atoms with Gasteiger partial charge in [0, 0.05) is 31.0 Å². The van der Waals surface area contributed by atoms with E-state index in [2.05, 4.69) is 11.9 Å². The Morgan fingerprint density at radius 2 is 1.71 bits per heavy atom. The summed E-state index contributed by atoms with van der Waals surface area (Å²) in [5.41, 5.74) is 5.90. The number of alkyl halides is 3. The van der Waals surface area contributed by atoms with Crippen LogP contribution in [-0.4, -0.2) is 19.1 Å². The van der Waals surface area contributed by atoms with E-state index in [1.54, 1.807) is 60.7 Å². The van der Waals surface area contributed by atoms with Crippen LogP contribution in [0.3, 0.4) is 0 Å². The molecular weight excluding hydrogens is 443 g/mol. The first-order chi connectivity index (χ1) is 16.2. The number of hydrogen-bond donors (Lipinski definition) is 2. The number of nitrogens with two attached hydrogens (primary N) is 1. The van der Waals surface area contributed by atoms with Gasteiger partial charge in [-0.15, -0.1) is 0 Å². The maximum Gasteiger partial charge on any atom is 0.415 e. The normalized spacial score (nSPS) is 11.6. The molecule has 3 N–H and O–H groups in total. The number of anilines is 2. The molecule has 5 nitrogen and oxygen atoms in total. The fraction of sp³-hybridized carbons (Fsp3) is 0.115. The fourth-order valence-electron chi connectivity index (χ4n) is 3.05. The van der Waals surface area contributed by atoms with Crippen molar-refractivity contribution in [2.45, 2.75) is 12.7 Å². The number of likely N-dealkylation sites (N-methyl/N-ethyl adjacent to an activating group) is 1. The highest BCUT2D eigenvalue weighted by molar-refractivity contribution is 6.06. The fourth-order valence-corrected chi connectivity index (χ4v) is 3.05. The Morgan fingerprint density at radius 1 is 1.03 bits per heavy atom. The highest BCUT2D eigenvalue weighted by Gasteiger charge is 2.32. The van der Waals surface area contributed by atoms with Crippen LogP contribution in [0.5, 0.6) is 11.5 Å². The monoisotopic (exact) mass is 467 g/mol. The molecule has 0 radical (unpaired) electrons. The lowest BCUT2D eigenvalue weighted by Gasteiger charge is -2.23. The molecule has 0 spiro atoms. The summed E-state index contributed by atoms with van der Waals surface area (Å²) in [4.78, 5) is 14.5. The lowest BCUT2D eigenvalue weighted by atomic mass is 10.1. The van der Waals surface area contributed by atoms with Crippen LogP contribution in [0.4, 0.5) is 24.5 Å². The van der Waals surface area contributed by atoms with Gasteiger partial charge in [0.2, 0.25) is 0 Å². The van der Waals surface area contributed by atoms with E-state index in [9.17, 15) is 18.0 Å². The van der Waals surface area contributed by atoms with E-state index in [0.29, 0.717) is 22.9 Å². The van der Waals surface area contributed by atoms with E-state index in [-0.39, 0.29) is 12.2 Å². The number of para-hydroxylation sites is 1. The van der Waals surface area contributed by atoms with Crippen LogP contribution < -0.4 is 20.7 Å². The topological polar surface area (TPSA) is 67.6 Å². The van der Waals surface area contributed by atoms with Crippen molar-refractivity contribution in [1.29, 1.82) is 0 Å². The summed E-state index contributed by atoms with van der Waals surface area (Å²) in [5, 5.41) is 2.64. The van der Waals surface area contributed by atoms with Gasteiger partial charge in [-0.2, -0.15) is 13.2 Å². The van der Waals surface area contributed by atoms with Crippen LogP contribution in [0.2, 0.25) is 0 Å². The summed E-state index contributed by atoms with van der Waals surface area (Å²) in [6.45, 7) is 3.32. The average molecular weight is 467 g/mol. The molecule has 0 aromatic heterocycles. The third-order valence-corrected chi connectivity index (χ3v) is 4.87. The molecule has 176 valence electrons. The van der Waals surface area contributed by atoms with Crippen molar-refractivity contribution >= 4 is 17.3 Å². The van der Waals surface area contributed by atoms with Gasteiger partial charge < -0.3 is 20.7 Å². The summed E-state index contributed by atoms with van der Waals surface area (Å²) in [6, 6.07) is 22.5. The Bertz CT molecular complexity index is 1190. The Balaban J connectivity index is 1.89. The number of rotatable bonds is 8. The van der Waals surface area contributed by atoms with Crippen LogP contribution in [0.15, 0.2) is 103 Å². The molecule has 0 saturated carbocycles. The van der Waals surface area contributed by atoms with Gasteiger partial charge in [-0.1, -0.05) is 43.0 Å². The van der Waals surface area contributed by atoms with Crippen molar-refractivity contribution in [3.8, 4) is 11.5 Å². The molecule has 3 aromatic carbocycles. The molecule has 1 amide bonds. The van der Waals surface area contributed by atoms with Crippen molar-refractivity contribution in [2.24, 2.45) is 5.73 Å². The number of carbonyl (C=O) groups excluding carboxylic acids is 1. The molecular formula is C26H24F3N3O2. The highest BCUT2D eigenvalue weighted by Crippen LogP contribution is 2.29. The van der Waals surface area contributed by atoms with E-state index in [1.165, 1.54) is 11.9 Å². The van der Waals surface area contributed by atoms with Crippen LogP contribution in [0, 0.1) is 0 Å². The van der Waals surface area contributed by atoms with Gasteiger partial charge in [-0.05, 0) is 48.0 Å². The number of allylic oxidation sites excluding steroid dienone is 2. The van der Waals surface area contributed by atoms with Gasteiger partial charge in [0.15, 0.2) is 0 Å². The molecule has 8 heteroatoms. The van der Waals surface area contributed by atoms with E-state index in [0.717, 1.165) is 11.6 Å². The van der Waals surface area contributed by atoms with Crippen LogP contribution in [-0.2, 0) is 11.3 Å². The number of halogens is 3. The Labute approximate surface area is 196 Å². The number of ether oxygens (including phenoxy) is 1. The molecule has 34 heavy (non-hydrogen) atoms. The lowest BCUT2D eigenvalue weighted by molar-refractivity contribution is -0.112. The minimum atomic E-state index is -4.69. The molecule has 3 aromatic rings. The van der Waals surface area contributed by atoms with Gasteiger partial charge in [-0.3, -0.25) is 4.79 Å². The molecule has 0 saturated heterocycles. The number of carbonyl (C=O) groups is 1. The number of nitrogens with one attached hydrogen (secondary N) is 1. The lowest BCUT2D eigenvalue weighted by Crippen LogP contribution is -2.29. The second-order valence-corrected chi connectivity index (χ2v) is 7.38. The SMILES string of the molecule is C=C(/C=C(/C(=O)Nc1cccc(Oc2ccccc2)c1)N(C)c1cccc(CN)c1)C(F)(F)F. The van der Waals surface area contributed by atoms with E-state index in [4.69, 9.17) is 10.5 Å². The Kier molecular flexibility index (Phi) is 7.75. The predicted molar refractivity (Wildman–Crippen MR) is 128 cm³/mol. The molecule has 0 aliphatic carbocycles. The van der Waals surface area contributed by atoms with E-state index < -0.39 is 17.7 Å². The third kappa shape index (κ3) is 6.49. The second kappa shape index (κ2) is 10.7. The van der Waals surface area contributed by atoms with Gasteiger partial charge in [0.25, 0.3) is 5.91 Å². The minimum absolute atomic E-state index is 0.245. The maximum absolute atomic E-state index is 13.2. The summed E-state index contributed by atoms with van der Waals surface area (Å²) < 4.78 is 45.4. The molecule has 0 heterocycles. The number of nitrogens with zero attached hydrogens (tertiary/aromatic N) is 1. The molecule has 3 rings (SSSR count). The summed E-state index contributed by atoms with van der Waals surface area (Å²) in [6.07, 6.45) is -3.97. The van der Waals surface area contributed by atoms with Crippen molar-refractivity contribution in [3.63, 3.8) is 0 Å². The van der Waals surface area contributed by atoms with Crippen LogP contribution in [0.1, 0.15) is 5.56 Å². The molecule has 0 unspecified atom stereocenters. The molecule has 0 aliphatic rings. The van der Waals surface area contributed by atoms with Crippen molar-refractivity contribution < 1.29 is 22.7 Å². The Morgan fingerprint density at radius 3 is 2.38 bits per heavy atom. The van der Waals surface area contributed by atoms with Crippen LogP contribution in [0.25, 0.3) is 0 Å². The van der Waals surface area contributed by atoms with Gasteiger partial charge in [0.05, 0.1) is 5.57 Å². The largest absolute Gasteiger partial charge is 0.457 e. The number of hydrogen-bond acceptors (Lipinski definition) is 4. The summed E-state index contributed by atoms with van der Waals surface area (Å²) in [7, 11) is 1.50. The summed E-state index contributed by atoms with van der Waals surface area (Å²) in [5.74, 6) is 0.314. The van der Waals surface area contributed by atoms with Crippen molar-refractivity contribution in [1.82, 2.24) is 0 Å². The quantitative estimate of drug-likeness (QED) is 0.314. The number of amides is 1. The zero-order valence-electron chi connectivity index (χ0n) is 18.5. The first-order valence-electron chi connectivity index (χ1n) is 10.3.